The van der Waals surface area contributed by atoms with E-state index in [2.05, 4.69) is 16.0 Å². The van der Waals surface area contributed by atoms with Crippen molar-refractivity contribution < 1.29 is 14.0 Å². The zero-order chi connectivity index (χ0) is 13.1. The number of carbonyl (C=O) groups excluding carboxylic acids is 2. The summed E-state index contributed by atoms with van der Waals surface area (Å²) >= 11 is 5.53. The zero-order valence-electron chi connectivity index (χ0n) is 9.30. The number of hydrogen-bond donors (Lipinski definition) is 3. The summed E-state index contributed by atoms with van der Waals surface area (Å²) in [4.78, 5) is 22.7. The topological polar surface area (TPSA) is 70.2 Å². The molecule has 2 amide bonds. The van der Waals surface area contributed by atoms with Gasteiger partial charge < -0.3 is 10.6 Å². The average molecular weight is 272 g/mol. The van der Waals surface area contributed by atoms with E-state index < -0.39 is 11.9 Å². The van der Waals surface area contributed by atoms with Crippen molar-refractivity contribution in [1.82, 2.24) is 10.6 Å². The molecule has 0 saturated carbocycles. The van der Waals surface area contributed by atoms with Gasteiger partial charge in [0.2, 0.25) is 11.8 Å². The van der Waals surface area contributed by atoms with Crippen molar-refractivity contribution in [1.29, 1.82) is 0 Å². The van der Waals surface area contributed by atoms with E-state index in [4.69, 9.17) is 11.6 Å². The van der Waals surface area contributed by atoms with E-state index in [1.165, 1.54) is 12.1 Å². The Morgan fingerprint density at radius 2 is 2.28 bits per heavy atom. The summed E-state index contributed by atoms with van der Waals surface area (Å²) in [5.74, 6) is -1.09. The molecule has 0 radical (unpaired) electrons. The Hall–Kier alpha value is -1.66. The standard InChI is InChI=1S/C11H11ClFN3O2/c12-7-2-1-6(3-8(7)13)16-11(18)9-4-15-10(17)5-14-9/h1-3,9,14H,4-5H2,(H,15,17)(H,16,18). The molecular weight excluding hydrogens is 261 g/mol. The summed E-state index contributed by atoms with van der Waals surface area (Å²) in [7, 11) is 0. The molecule has 1 aliphatic heterocycles. The second-order valence-electron chi connectivity index (χ2n) is 3.86. The molecule has 18 heavy (non-hydrogen) atoms. The lowest BCUT2D eigenvalue weighted by Gasteiger charge is -2.23. The third-order valence-corrected chi connectivity index (χ3v) is 2.82. The van der Waals surface area contributed by atoms with Crippen LogP contribution in [0.4, 0.5) is 10.1 Å². The van der Waals surface area contributed by atoms with E-state index in [0.29, 0.717) is 5.69 Å². The van der Waals surface area contributed by atoms with Gasteiger partial charge in [-0.2, -0.15) is 0 Å². The minimum atomic E-state index is -0.598. The Labute approximate surface area is 108 Å². The fraction of sp³-hybridized carbons (Fsp3) is 0.273. The van der Waals surface area contributed by atoms with Gasteiger partial charge in [-0.25, -0.2) is 4.39 Å². The van der Waals surface area contributed by atoms with Crippen molar-refractivity contribution in [3.63, 3.8) is 0 Å². The summed E-state index contributed by atoms with van der Waals surface area (Å²) < 4.78 is 13.2. The van der Waals surface area contributed by atoms with Crippen LogP contribution >= 0.6 is 11.6 Å². The monoisotopic (exact) mass is 271 g/mol. The maximum absolute atomic E-state index is 13.2. The number of nitrogens with one attached hydrogen (secondary N) is 3. The Bertz CT molecular complexity index is 485. The fourth-order valence-electron chi connectivity index (χ4n) is 1.56. The normalized spacial score (nSPS) is 19.2. The van der Waals surface area contributed by atoms with Crippen LogP contribution in [-0.4, -0.2) is 30.9 Å². The molecule has 1 aromatic rings. The second kappa shape index (κ2) is 5.32. The van der Waals surface area contributed by atoms with Crippen LogP contribution in [0.1, 0.15) is 0 Å². The molecule has 1 fully saturated rings. The van der Waals surface area contributed by atoms with Crippen LogP contribution in [0.3, 0.4) is 0 Å². The molecule has 0 bridgehead atoms. The zero-order valence-corrected chi connectivity index (χ0v) is 10.1. The van der Waals surface area contributed by atoms with Crippen molar-refractivity contribution in [3.05, 3.63) is 29.0 Å². The Balaban J connectivity index is 1.98. The smallest absolute Gasteiger partial charge is 0.243 e. The Morgan fingerprint density at radius 1 is 1.50 bits per heavy atom. The van der Waals surface area contributed by atoms with Gasteiger partial charge in [0.1, 0.15) is 11.9 Å². The van der Waals surface area contributed by atoms with Gasteiger partial charge in [-0.1, -0.05) is 11.6 Å². The van der Waals surface area contributed by atoms with Crippen LogP contribution in [0.15, 0.2) is 18.2 Å². The lowest BCUT2D eigenvalue weighted by molar-refractivity contribution is -0.124. The second-order valence-corrected chi connectivity index (χ2v) is 4.26. The number of hydrogen-bond acceptors (Lipinski definition) is 3. The lowest BCUT2D eigenvalue weighted by Crippen LogP contribution is -2.56. The average Bonchev–Trinajstić information content (AvgIpc) is 2.34. The van der Waals surface area contributed by atoms with Gasteiger partial charge in [-0.3, -0.25) is 14.9 Å². The molecule has 0 aromatic heterocycles. The molecule has 1 heterocycles. The predicted molar refractivity (Wildman–Crippen MR) is 64.8 cm³/mol. The molecule has 96 valence electrons. The number of anilines is 1. The van der Waals surface area contributed by atoms with Crippen LogP contribution in [-0.2, 0) is 9.59 Å². The van der Waals surface area contributed by atoms with Gasteiger partial charge >= 0.3 is 0 Å². The highest BCUT2D eigenvalue weighted by Crippen LogP contribution is 2.18. The minimum Gasteiger partial charge on any atom is -0.353 e. The van der Waals surface area contributed by atoms with E-state index >= 15 is 0 Å². The van der Waals surface area contributed by atoms with Crippen LogP contribution in [0.2, 0.25) is 5.02 Å². The largest absolute Gasteiger partial charge is 0.353 e. The summed E-state index contributed by atoms with van der Waals surface area (Å²) in [6.45, 7) is 0.299. The van der Waals surface area contributed by atoms with Gasteiger partial charge in [-0.05, 0) is 18.2 Å². The number of amides is 2. The molecule has 0 aliphatic carbocycles. The van der Waals surface area contributed by atoms with Gasteiger partial charge in [0.25, 0.3) is 0 Å². The summed E-state index contributed by atoms with van der Waals surface area (Å²) in [6.07, 6.45) is 0. The van der Waals surface area contributed by atoms with Gasteiger partial charge in [0.15, 0.2) is 0 Å². The first-order valence-corrected chi connectivity index (χ1v) is 5.70. The van der Waals surface area contributed by atoms with E-state index in [1.54, 1.807) is 0 Å². The lowest BCUT2D eigenvalue weighted by atomic mass is 10.2. The van der Waals surface area contributed by atoms with E-state index in [1.807, 2.05) is 0 Å². The molecule has 2 rings (SSSR count). The first kappa shape index (κ1) is 12.8. The van der Waals surface area contributed by atoms with Gasteiger partial charge in [0, 0.05) is 12.2 Å². The molecule has 1 aromatic carbocycles. The summed E-state index contributed by atoms with van der Waals surface area (Å²) in [5, 5.41) is 7.87. The molecule has 1 aliphatic rings. The third kappa shape index (κ3) is 2.96. The minimum absolute atomic E-state index is 0.00365. The van der Waals surface area contributed by atoms with Crippen molar-refractivity contribution in [2.75, 3.05) is 18.4 Å². The highest BCUT2D eigenvalue weighted by atomic mass is 35.5. The molecule has 1 atom stereocenters. The fourth-order valence-corrected chi connectivity index (χ4v) is 1.67. The third-order valence-electron chi connectivity index (χ3n) is 2.52. The van der Waals surface area contributed by atoms with Crippen LogP contribution in [0.5, 0.6) is 0 Å². The summed E-state index contributed by atoms with van der Waals surface area (Å²) in [5.41, 5.74) is 0.320. The van der Waals surface area contributed by atoms with Crippen LogP contribution in [0.25, 0.3) is 0 Å². The first-order chi connectivity index (χ1) is 8.56. The van der Waals surface area contributed by atoms with E-state index in [-0.39, 0.29) is 29.9 Å². The van der Waals surface area contributed by atoms with Gasteiger partial charge in [-0.15, -0.1) is 0 Å². The highest BCUT2D eigenvalue weighted by Gasteiger charge is 2.23. The number of benzene rings is 1. The number of piperazine rings is 1. The van der Waals surface area contributed by atoms with Crippen molar-refractivity contribution in [2.45, 2.75) is 6.04 Å². The molecule has 1 saturated heterocycles. The van der Waals surface area contributed by atoms with Crippen molar-refractivity contribution in [2.24, 2.45) is 0 Å². The maximum atomic E-state index is 13.2. The molecule has 7 heteroatoms. The number of carbonyl (C=O) groups is 2. The maximum Gasteiger partial charge on any atom is 0.243 e. The van der Waals surface area contributed by atoms with Crippen LogP contribution < -0.4 is 16.0 Å². The summed E-state index contributed by atoms with van der Waals surface area (Å²) in [6, 6.07) is 3.48. The SMILES string of the molecule is O=C1CNC(C(=O)Nc2ccc(Cl)c(F)c2)CN1. The molecular formula is C11H11ClFN3O2. The molecule has 5 nitrogen and oxygen atoms in total. The van der Waals surface area contributed by atoms with Crippen molar-refractivity contribution >= 4 is 29.1 Å². The highest BCUT2D eigenvalue weighted by molar-refractivity contribution is 6.30. The van der Waals surface area contributed by atoms with Crippen molar-refractivity contribution in [3.8, 4) is 0 Å². The number of rotatable bonds is 2. The Morgan fingerprint density at radius 3 is 2.89 bits per heavy atom. The van der Waals surface area contributed by atoms with Crippen LogP contribution in [0, 0.1) is 5.82 Å². The Kier molecular flexibility index (Phi) is 3.78. The van der Waals surface area contributed by atoms with E-state index in [9.17, 15) is 14.0 Å². The van der Waals surface area contributed by atoms with Gasteiger partial charge in [0.05, 0.1) is 11.6 Å². The predicted octanol–water partition coefficient (Wildman–Crippen LogP) is 0.506. The quantitative estimate of drug-likeness (QED) is 0.734. The van der Waals surface area contributed by atoms with E-state index in [0.717, 1.165) is 6.07 Å². The number of halogens is 2. The molecule has 0 spiro atoms. The molecule has 3 N–H and O–H groups in total. The molecule has 1 unspecified atom stereocenters. The first-order valence-electron chi connectivity index (χ1n) is 5.32.